The number of carbonyl (C=O) groups is 1. The Labute approximate surface area is 207 Å². The SMILES string of the molecule is O=C(NCCc1cc(C(F)(F)F)cc(C(F)(F)F)c1)c1cnc(-c2cccnc2)nc1-c1ccccc1. The normalized spacial score (nSPS) is 11.8. The fourth-order valence-corrected chi connectivity index (χ4v) is 3.58. The number of aromatic nitrogens is 3. The molecular weight excluding hydrogens is 498 g/mol. The zero-order chi connectivity index (χ0) is 26.6. The number of hydrogen-bond donors (Lipinski definition) is 1. The minimum Gasteiger partial charge on any atom is -0.352 e. The van der Waals surface area contributed by atoms with E-state index < -0.39 is 29.4 Å². The molecule has 0 fully saturated rings. The van der Waals surface area contributed by atoms with Crippen molar-refractivity contribution in [2.24, 2.45) is 0 Å². The molecule has 2 aromatic carbocycles. The Kier molecular flexibility index (Phi) is 7.23. The summed E-state index contributed by atoms with van der Waals surface area (Å²) in [6.45, 7) is -0.212. The molecule has 4 aromatic rings. The lowest BCUT2D eigenvalue weighted by molar-refractivity contribution is -0.143. The average molecular weight is 516 g/mol. The maximum atomic E-state index is 13.1. The van der Waals surface area contributed by atoms with Crippen LogP contribution in [0, 0.1) is 0 Å². The van der Waals surface area contributed by atoms with E-state index in [1.807, 2.05) is 0 Å². The summed E-state index contributed by atoms with van der Waals surface area (Å²) in [5, 5.41) is 2.54. The summed E-state index contributed by atoms with van der Waals surface area (Å²) in [7, 11) is 0. The van der Waals surface area contributed by atoms with E-state index >= 15 is 0 Å². The summed E-state index contributed by atoms with van der Waals surface area (Å²) in [6.07, 6.45) is -5.68. The van der Waals surface area contributed by atoms with Crippen molar-refractivity contribution in [3.8, 4) is 22.6 Å². The number of halogens is 6. The van der Waals surface area contributed by atoms with Gasteiger partial charge in [0.15, 0.2) is 5.82 Å². The zero-order valence-corrected chi connectivity index (χ0v) is 18.9. The predicted molar refractivity (Wildman–Crippen MR) is 123 cm³/mol. The van der Waals surface area contributed by atoms with Gasteiger partial charge in [-0.1, -0.05) is 30.3 Å². The van der Waals surface area contributed by atoms with Gasteiger partial charge in [0.1, 0.15) is 0 Å². The van der Waals surface area contributed by atoms with E-state index in [9.17, 15) is 31.1 Å². The lowest BCUT2D eigenvalue weighted by atomic mass is 10.0. The van der Waals surface area contributed by atoms with Crippen LogP contribution < -0.4 is 5.32 Å². The highest BCUT2D eigenvalue weighted by Crippen LogP contribution is 2.36. The first-order valence-corrected chi connectivity index (χ1v) is 10.9. The first-order chi connectivity index (χ1) is 17.5. The van der Waals surface area contributed by atoms with Gasteiger partial charge in [-0.3, -0.25) is 9.78 Å². The monoisotopic (exact) mass is 516 g/mol. The van der Waals surface area contributed by atoms with Gasteiger partial charge in [0.25, 0.3) is 5.91 Å². The average Bonchev–Trinajstić information content (AvgIpc) is 2.88. The van der Waals surface area contributed by atoms with Gasteiger partial charge in [0.05, 0.1) is 22.4 Å². The molecule has 37 heavy (non-hydrogen) atoms. The lowest BCUT2D eigenvalue weighted by Gasteiger charge is -2.15. The largest absolute Gasteiger partial charge is 0.416 e. The fourth-order valence-electron chi connectivity index (χ4n) is 3.58. The molecule has 4 rings (SSSR count). The van der Waals surface area contributed by atoms with E-state index in [2.05, 4.69) is 20.3 Å². The van der Waals surface area contributed by atoms with Gasteiger partial charge in [-0.2, -0.15) is 26.3 Å². The highest BCUT2D eigenvalue weighted by Gasteiger charge is 2.36. The minimum atomic E-state index is -4.95. The van der Waals surface area contributed by atoms with Crippen LogP contribution in [-0.4, -0.2) is 27.4 Å². The standard InChI is InChI=1S/C26H18F6N4O/c27-25(28,29)19-11-16(12-20(13-19)26(30,31)32)8-10-34-24(37)21-15-35-23(18-7-4-9-33-14-18)36-22(21)17-5-2-1-3-6-17/h1-7,9,11-15H,8,10H2,(H,34,37). The van der Waals surface area contributed by atoms with Crippen LogP contribution in [0.25, 0.3) is 22.6 Å². The topological polar surface area (TPSA) is 67.8 Å². The summed E-state index contributed by atoms with van der Waals surface area (Å²) in [5.41, 5.74) is -1.38. The van der Waals surface area contributed by atoms with E-state index in [1.165, 1.54) is 6.20 Å². The Morgan fingerprint density at radius 2 is 1.46 bits per heavy atom. The van der Waals surface area contributed by atoms with Crippen molar-refractivity contribution in [2.75, 3.05) is 6.54 Å². The molecular formula is C26H18F6N4O. The van der Waals surface area contributed by atoms with Crippen molar-refractivity contribution in [3.05, 3.63) is 102 Å². The summed E-state index contributed by atoms with van der Waals surface area (Å²) >= 11 is 0. The quantitative estimate of drug-likeness (QED) is 0.309. The second-order valence-corrected chi connectivity index (χ2v) is 7.98. The smallest absolute Gasteiger partial charge is 0.352 e. The van der Waals surface area contributed by atoms with Crippen molar-refractivity contribution >= 4 is 5.91 Å². The molecule has 1 amide bonds. The molecule has 0 aliphatic rings. The van der Waals surface area contributed by atoms with Crippen LogP contribution in [0.3, 0.4) is 0 Å². The highest BCUT2D eigenvalue weighted by molar-refractivity contribution is 5.99. The summed E-state index contributed by atoms with van der Waals surface area (Å²) in [6, 6.07) is 13.6. The van der Waals surface area contributed by atoms with E-state index in [4.69, 9.17) is 0 Å². The number of hydrogen-bond acceptors (Lipinski definition) is 4. The number of nitrogens with zero attached hydrogens (tertiary/aromatic N) is 3. The van der Waals surface area contributed by atoms with Crippen LogP contribution in [0.4, 0.5) is 26.3 Å². The third-order valence-corrected chi connectivity index (χ3v) is 5.35. The van der Waals surface area contributed by atoms with Gasteiger partial charge in [-0.05, 0) is 42.3 Å². The maximum absolute atomic E-state index is 13.1. The third kappa shape index (κ3) is 6.29. The van der Waals surface area contributed by atoms with E-state index in [0.29, 0.717) is 34.8 Å². The van der Waals surface area contributed by atoms with Gasteiger partial charge in [-0.15, -0.1) is 0 Å². The molecule has 190 valence electrons. The summed E-state index contributed by atoms with van der Waals surface area (Å²) in [5.74, 6) is -0.299. The molecule has 5 nitrogen and oxygen atoms in total. The Morgan fingerprint density at radius 3 is 2.05 bits per heavy atom. The number of alkyl halides is 6. The number of rotatable bonds is 6. The Bertz CT molecular complexity index is 1360. The Balaban J connectivity index is 1.58. The minimum absolute atomic E-state index is 0.0648. The number of nitrogens with one attached hydrogen (secondary N) is 1. The summed E-state index contributed by atoms with van der Waals surface area (Å²) < 4.78 is 78.7. The van der Waals surface area contributed by atoms with E-state index in [0.717, 1.165) is 0 Å². The molecule has 0 radical (unpaired) electrons. The van der Waals surface area contributed by atoms with Gasteiger partial charge < -0.3 is 5.32 Å². The molecule has 0 aliphatic carbocycles. The van der Waals surface area contributed by atoms with Gasteiger partial charge in [0.2, 0.25) is 0 Å². The number of carbonyl (C=O) groups excluding carboxylic acids is 1. The van der Waals surface area contributed by atoms with Crippen molar-refractivity contribution in [2.45, 2.75) is 18.8 Å². The number of amides is 1. The van der Waals surface area contributed by atoms with Crippen LogP contribution in [-0.2, 0) is 18.8 Å². The van der Waals surface area contributed by atoms with Crippen LogP contribution in [0.1, 0.15) is 27.0 Å². The van der Waals surface area contributed by atoms with Crippen molar-refractivity contribution in [1.82, 2.24) is 20.3 Å². The lowest BCUT2D eigenvalue weighted by Crippen LogP contribution is -2.27. The maximum Gasteiger partial charge on any atom is 0.416 e. The Morgan fingerprint density at radius 1 is 0.811 bits per heavy atom. The highest BCUT2D eigenvalue weighted by atomic mass is 19.4. The number of benzene rings is 2. The molecule has 2 aromatic heterocycles. The second kappa shape index (κ2) is 10.4. The first kappa shape index (κ1) is 25.8. The third-order valence-electron chi connectivity index (χ3n) is 5.35. The molecule has 0 atom stereocenters. The fraction of sp³-hybridized carbons (Fsp3) is 0.154. The Hall–Kier alpha value is -4.28. The molecule has 1 N–H and O–H groups in total. The molecule has 0 saturated carbocycles. The first-order valence-electron chi connectivity index (χ1n) is 10.9. The molecule has 0 aliphatic heterocycles. The van der Waals surface area contributed by atoms with Crippen molar-refractivity contribution in [1.29, 1.82) is 0 Å². The van der Waals surface area contributed by atoms with Crippen molar-refractivity contribution < 1.29 is 31.1 Å². The zero-order valence-electron chi connectivity index (χ0n) is 18.9. The molecule has 0 bridgehead atoms. The van der Waals surface area contributed by atoms with E-state index in [1.54, 1.807) is 54.9 Å². The van der Waals surface area contributed by atoms with Crippen molar-refractivity contribution in [3.63, 3.8) is 0 Å². The van der Waals surface area contributed by atoms with Gasteiger partial charge in [0, 0.05) is 36.3 Å². The molecule has 11 heteroatoms. The van der Waals surface area contributed by atoms with Gasteiger partial charge >= 0.3 is 12.4 Å². The number of pyridine rings is 1. The second-order valence-electron chi connectivity index (χ2n) is 7.98. The summed E-state index contributed by atoms with van der Waals surface area (Å²) in [4.78, 5) is 25.8. The molecule has 0 unspecified atom stereocenters. The van der Waals surface area contributed by atoms with Crippen LogP contribution in [0.15, 0.2) is 79.3 Å². The molecule has 0 saturated heterocycles. The molecule has 0 spiro atoms. The van der Waals surface area contributed by atoms with E-state index in [-0.39, 0.29) is 30.2 Å². The van der Waals surface area contributed by atoms with Crippen LogP contribution in [0.5, 0.6) is 0 Å². The predicted octanol–water partition coefficient (Wildman–Crippen LogP) is 6.22. The van der Waals surface area contributed by atoms with Crippen LogP contribution >= 0.6 is 0 Å². The van der Waals surface area contributed by atoms with Gasteiger partial charge in [-0.25, -0.2) is 9.97 Å². The molecule has 2 heterocycles. The van der Waals surface area contributed by atoms with Crippen LogP contribution in [0.2, 0.25) is 0 Å².